The number of azo groups is 4. The third-order valence-electron chi connectivity index (χ3n) is 7.61. The van der Waals surface area contributed by atoms with Crippen LogP contribution in [0.25, 0.3) is 0 Å². The van der Waals surface area contributed by atoms with Crippen molar-refractivity contribution in [3.05, 3.63) is 139 Å². The first-order valence-electron chi connectivity index (χ1n) is 13.5. The normalized spacial score (nSPS) is 17.7. The Kier molecular flexibility index (Phi) is 5.56. The van der Waals surface area contributed by atoms with Crippen molar-refractivity contribution < 1.29 is 9.39 Å². The molecule has 6 nitrogen and oxygen atoms in total. The highest BCUT2D eigenvalue weighted by Gasteiger charge is 2.72. The molecule has 7 rings (SSSR count). The lowest BCUT2D eigenvalue weighted by Crippen LogP contribution is -2.70. The number of hydrogen-bond acceptors (Lipinski definition) is 4. The van der Waals surface area contributed by atoms with Gasteiger partial charge >= 0.3 is 5.91 Å². The maximum absolute atomic E-state index is 5.39. The summed E-state index contributed by atoms with van der Waals surface area (Å²) in [6, 6.07) is 44.2. The van der Waals surface area contributed by atoms with E-state index >= 15 is 0 Å². The van der Waals surface area contributed by atoms with Crippen LogP contribution in [0.4, 0.5) is 39.8 Å². The molecule has 2 aliphatic rings. The topological polar surface area (TPSA) is 37.2 Å². The molecule has 0 saturated heterocycles. The molecular formula is C34H30N6+2. The van der Waals surface area contributed by atoms with Crippen molar-refractivity contribution in [2.24, 2.45) is 10.2 Å². The summed E-state index contributed by atoms with van der Waals surface area (Å²) in [4.78, 5) is 4.66. The molecular weight excluding hydrogens is 492 g/mol. The summed E-state index contributed by atoms with van der Waals surface area (Å²) in [6.45, 7) is 4.21. The van der Waals surface area contributed by atoms with Gasteiger partial charge in [-0.05, 0) is 61.4 Å². The van der Waals surface area contributed by atoms with Gasteiger partial charge in [-0.1, -0.05) is 66.7 Å². The van der Waals surface area contributed by atoms with E-state index in [1.165, 1.54) is 0 Å². The fourth-order valence-electron chi connectivity index (χ4n) is 5.78. The van der Waals surface area contributed by atoms with Crippen LogP contribution in [0, 0.1) is 13.8 Å². The smallest absolute Gasteiger partial charge is 0.227 e. The molecule has 0 saturated carbocycles. The lowest BCUT2D eigenvalue weighted by atomic mass is 10.1. The summed E-state index contributed by atoms with van der Waals surface area (Å²) in [7, 11) is 2.14. The van der Waals surface area contributed by atoms with Gasteiger partial charge in [0.2, 0.25) is 11.4 Å². The molecule has 6 heteroatoms. The third kappa shape index (κ3) is 3.57. The minimum absolute atomic E-state index is 0.898. The van der Waals surface area contributed by atoms with E-state index in [1.807, 2.05) is 12.1 Å². The Hall–Kier alpha value is -5.10. The summed E-state index contributed by atoms with van der Waals surface area (Å²) < 4.78 is 4.22. The van der Waals surface area contributed by atoms with E-state index in [2.05, 4.69) is 155 Å². The number of nitrogens with zero attached hydrogens (tertiary/aromatic N) is 6. The number of benzene rings is 5. The van der Waals surface area contributed by atoms with Gasteiger partial charge in [-0.15, -0.1) is 0 Å². The number of rotatable bonds is 3. The average molecular weight is 523 g/mol. The van der Waals surface area contributed by atoms with Crippen LogP contribution >= 0.6 is 0 Å². The predicted molar refractivity (Wildman–Crippen MR) is 159 cm³/mol. The summed E-state index contributed by atoms with van der Waals surface area (Å²) in [5.74, 6) is -1.05. The number of fused-ring (bicyclic) bond motifs is 2. The van der Waals surface area contributed by atoms with Crippen LogP contribution < -0.4 is 9.80 Å². The first-order chi connectivity index (χ1) is 19.6. The summed E-state index contributed by atoms with van der Waals surface area (Å²) >= 11 is 0. The minimum atomic E-state index is -1.05. The molecule has 2 heterocycles. The van der Waals surface area contributed by atoms with E-state index in [0.29, 0.717) is 0 Å². The van der Waals surface area contributed by atoms with Crippen molar-refractivity contribution in [3.63, 3.8) is 0 Å². The van der Waals surface area contributed by atoms with Crippen LogP contribution in [-0.4, -0.2) is 22.4 Å². The summed E-state index contributed by atoms with van der Waals surface area (Å²) in [5.41, 5.74) is 9.08. The van der Waals surface area contributed by atoms with E-state index in [9.17, 15) is 0 Å². The Morgan fingerprint density at radius 3 is 1.52 bits per heavy atom. The lowest BCUT2D eigenvalue weighted by Gasteiger charge is -2.43. The molecule has 0 N–H and O–H groups in total. The molecule has 0 radical (unpaired) electrons. The zero-order valence-corrected chi connectivity index (χ0v) is 22.8. The van der Waals surface area contributed by atoms with Gasteiger partial charge < -0.3 is 0 Å². The Morgan fingerprint density at radius 1 is 0.550 bits per heavy atom. The fraction of sp³-hybridized carbons (Fsp3) is 0.118. The molecule has 5 aromatic carbocycles. The van der Waals surface area contributed by atoms with Gasteiger partial charge in [-0.2, -0.15) is 4.90 Å². The molecule has 2 aliphatic heterocycles. The van der Waals surface area contributed by atoms with Crippen molar-refractivity contribution >= 4 is 39.8 Å². The van der Waals surface area contributed by atoms with Crippen molar-refractivity contribution in [1.29, 1.82) is 0 Å². The molecule has 0 fully saturated rings. The maximum atomic E-state index is 5.39. The van der Waals surface area contributed by atoms with Gasteiger partial charge in [-0.3, -0.25) is 0 Å². The highest BCUT2D eigenvalue weighted by molar-refractivity contribution is 5.79. The highest BCUT2D eigenvalue weighted by atomic mass is 15.7. The zero-order valence-electron chi connectivity index (χ0n) is 22.8. The number of aryl methyl sites for hydroxylation is 2. The average Bonchev–Trinajstić information content (AvgIpc) is 2.99. The van der Waals surface area contributed by atoms with Gasteiger partial charge in [0.25, 0.3) is 0 Å². The molecule has 0 bridgehead atoms. The fourth-order valence-corrected chi connectivity index (χ4v) is 5.78. The van der Waals surface area contributed by atoms with E-state index < -0.39 is 5.91 Å². The zero-order chi connectivity index (χ0) is 27.3. The van der Waals surface area contributed by atoms with Gasteiger partial charge in [0.1, 0.15) is 0 Å². The van der Waals surface area contributed by atoms with Crippen molar-refractivity contribution in [3.8, 4) is 0 Å². The van der Waals surface area contributed by atoms with Gasteiger partial charge in [-0.25, -0.2) is 4.90 Å². The SMILES string of the molecule is Cc1ccc2c(c1)N=[N+](c1ccccc1)[C@]1(N2C)N(c2ccccc2)c2ccc(C)cc2N=[N+]1c1ccccc1. The molecule has 5 aromatic rings. The molecule has 0 amide bonds. The van der Waals surface area contributed by atoms with E-state index in [-0.39, 0.29) is 0 Å². The Balaban J connectivity index is 1.67. The van der Waals surface area contributed by atoms with Crippen LogP contribution in [0.2, 0.25) is 0 Å². The predicted octanol–water partition coefficient (Wildman–Crippen LogP) is 9.07. The highest BCUT2D eigenvalue weighted by Crippen LogP contribution is 2.53. The first-order valence-corrected chi connectivity index (χ1v) is 13.5. The van der Waals surface area contributed by atoms with Gasteiger partial charge in [0.05, 0.1) is 17.1 Å². The molecule has 0 aromatic heterocycles. The van der Waals surface area contributed by atoms with Crippen LogP contribution in [0.1, 0.15) is 11.1 Å². The summed E-state index contributed by atoms with van der Waals surface area (Å²) in [6.07, 6.45) is 0. The minimum Gasteiger partial charge on any atom is -0.227 e. The quantitative estimate of drug-likeness (QED) is 0.222. The second-order valence-electron chi connectivity index (χ2n) is 10.3. The number of hydrogen-bond donors (Lipinski definition) is 0. The molecule has 1 spiro atoms. The van der Waals surface area contributed by atoms with E-state index in [1.54, 1.807) is 0 Å². The van der Waals surface area contributed by atoms with Gasteiger partial charge in [0.15, 0.2) is 11.4 Å². The van der Waals surface area contributed by atoms with Crippen molar-refractivity contribution in [1.82, 2.24) is 0 Å². The summed E-state index contributed by atoms with van der Waals surface area (Å²) in [5, 5.41) is 10.8. The first kappa shape index (κ1) is 24.0. The molecule has 0 aliphatic carbocycles. The second-order valence-corrected chi connectivity index (χ2v) is 10.3. The number of anilines is 3. The largest absolute Gasteiger partial charge is 0.595 e. The van der Waals surface area contributed by atoms with Crippen molar-refractivity contribution in [2.45, 2.75) is 19.8 Å². The van der Waals surface area contributed by atoms with Crippen LogP contribution in [0.3, 0.4) is 0 Å². The monoisotopic (exact) mass is 522 g/mol. The molecule has 0 unspecified atom stereocenters. The van der Waals surface area contributed by atoms with Crippen LogP contribution in [-0.2, 0) is 0 Å². The maximum Gasteiger partial charge on any atom is 0.595 e. The second kappa shape index (κ2) is 9.27. The van der Waals surface area contributed by atoms with E-state index in [0.717, 1.165) is 50.9 Å². The Bertz CT molecular complexity index is 1730. The Morgan fingerprint density at radius 2 is 1.00 bits per heavy atom. The standard InChI is InChI=1S/C34H30N6/c1-25-19-21-32-30(23-25)35-39(28-15-9-5-10-16-28)34(37(32)3)38(27-13-7-4-8-14-27)33-22-20-26(2)24-31(33)36-40(34)29-17-11-6-12-18-29/h4-24H,1-3H3/q+2/t34-/m0/s1. The molecule has 194 valence electrons. The van der Waals surface area contributed by atoms with E-state index in [4.69, 9.17) is 10.2 Å². The lowest BCUT2D eigenvalue weighted by molar-refractivity contribution is -0.814. The van der Waals surface area contributed by atoms with Crippen LogP contribution in [0.5, 0.6) is 0 Å². The van der Waals surface area contributed by atoms with Gasteiger partial charge in [0, 0.05) is 50.9 Å². The number of para-hydroxylation sites is 3. The van der Waals surface area contributed by atoms with Crippen LogP contribution in [0.15, 0.2) is 138 Å². The molecule has 40 heavy (non-hydrogen) atoms. The Labute approximate surface area is 234 Å². The molecule has 1 atom stereocenters. The van der Waals surface area contributed by atoms with Crippen molar-refractivity contribution in [2.75, 3.05) is 16.8 Å². The third-order valence-corrected chi connectivity index (χ3v) is 7.61.